The molecule has 7 nitrogen and oxygen atoms in total. The van der Waals surface area contributed by atoms with Crippen LogP contribution in [0.25, 0.3) is 5.70 Å². The average Bonchev–Trinajstić information content (AvgIpc) is 3.77. The highest BCUT2D eigenvalue weighted by Crippen LogP contribution is 2.48. The molecule has 5 rings (SSSR count). The lowest BCUT2D eigenvalue weighted by molar-refractivity contribution is -0.139. The number of hydrogen-bond acceptors (Lipinski definition) is 4. The number of urea groups is 1. The Balaban J connectivity index is 1.42. The van der Waals surface area contributed by atoms with Gasteiger partial charge in [0.05, 0.1) is 23.9 Å². The van der Waals surface area contributed by atoms with E-state index in [0.29, 0.717) is 23.5 Å². The highest BCUT2D eigenvalue weighted by Gasteiger charge is 2.44. The van der Waals surface area contributed by atoms with Crippen molar-refractivity contribution in [2.45, 2.75) is 38.6 Å². The molecular weight excluding hydrogens is 490 g/mol. The van der Waals surface area contributed by atoms with Crippen LogP contribution in [0.1, 0.15) is 55.3 Å². The summed E-state index contributed by atoms with van der Waals surface area (Å²) in [7, 11) is 0. The lowest BCUT2D eigenvalue weighted by atomic mass is 9.91. The van der Waals surface area contributed by atoms with E-state index in [9.17, 15) is 14.4 Å². The lowest BCUT2D eigenvalue weighted by Gasteiger charge is -2.36. The zero-order valence-corrected chi connectivity index (χ0v) is 22.2. The number of carbonyl (C=O) groups is 3. The standard InChI is InChI=1S/C32H33N3O4/c1-3-19-35-29(23-13-9-6-10-14-23)27(31(37)39-4-2)28(34-32(35)38)22-15-17-24(18-16-22)33-30(36)26-20-25(26)21-11-7-5-8-12-21/h5-18,25-26,28H,3-4,19-20H2,1-2H3,(H,33,36)(H,34,38). The van der Waals surface area contributed by atoms with E-state index >= 15 is 0 Å². The van der Waals surface area contributed by atoms with E-state index in [2.05, 4.69) is 22.8 Å². The summed E-state index contributed by atoms with van der Waals surface area (Å²) in [5.74, 6) is -0.263. The number of carbonyl (C=O) groups excluding carboxylic acids is 3. The monoisotopic (exact) mass is 523 g/mol. The van der Waals surface area contributed by atoms with Crippen molar-refractivity contribution in [2.75, 3.05) is 18.5 Å². The summed E-state index contributed by atoms with van der Waals surface area (Å²) in [5, 5.41) is 6.03. The fourth-order valence-electron chi connectivity index (χ4n) is 5.22. The number of rotatable bonds is 9. The quantitative estimate of drug-likeness (QED) is 0.343. The molecule has 1 heterocycles. The number of nitrogens with one attached hydrogen (secondary N) is 2. The molecule has 0 spiro atoms. The molecule has 3 atom stereocenters. The number of esters is 1. The molecule has 1 fully saturated rings. The summed E-state index contributed by atoms with van der Waals surface area (Å²) >= 11 is 0. The summed E-state index contributed by atoms with van der Waals surface area (Å²) < 4.78 is 5.47. The van der Waals surface area contributed by atoms with Crippen LogP contribution in [0.5, 0.6) is 0 Å². The number of hydrogen-bond donors (Lipinski definition) is 2. The van der Waals surface area contributed by atoms with E-state index in [1.54, 1.807) is 11.8 Å². The van der Waals surface area contributed by atoms with E-state index in [1.807, 2.05) is 79.7 Å². The number of anilines is 1. The van der Waals surface area contributed by atoms with Gasteiger partial charge in [-0.15, -0.1) is 0 Å². The zero-order chi connectivity index (χ0) is 27.4. The topological polar surface area (TPSA) is 87.7 Å². The molecule has 1 saturated carbocycles. The smallest absolute Gasteiger partial charge is 0.338 e. The van der Waals surface area contributed by atoms with E-state index in [-0.39, 0.29) is 30.4 Å². The fraction of sp³-hybridized carbons (Fsp3) is 0.281. The molecule has 0 radical (unpaired) electrons. The van der Waals surface area contributed by atoms with Crippen molar-refractivity contribution in [3.63, 3.8) is 0 Å². The van der Waals surface area contributed by atoms with Gasteiger partial charge in [-0.25, -0.2) is 9.59 Å². The predicted octanol–water partition coefficient (Wildman–Crippen LogP) is 5.88. The first-order valence-electron chi connectivity index (χ1n) is 13.5. The van der Waals surface area contributed by atoms with Crippen LogP contribution < -0.4 is 10.6 Å². The summed E-state index contributed by atoms with van der Waals surface area (Å²) in [6.45, 7) is 4.43. The Bertz CT molecular complexity index is 1370. The molecule has 3 aromatic rings. The van der Waals surface area contributed by atoms with Gasteiger partial charge in [0, 0.05) is 18.2 Å². The summed E-state index contributed by atoms with van der Waals surface area (Å²) in [6, 6.07) is 25.9. The molecule has 0 saturated heterocycles. The lowest BCUT2D eigenvalue weighted by Crippen LogP contribution is -2.48. The van der Waals surface area contributed by atoms with Crippen molar-refractivity contribution in [3.05, 3.63) is 107 Å². The molecule has 39 heavy (non-hydrogen) atoms. The normalized spacial score (nSPS) is 20.3. The van der Waals surface area contributed by atoms with Crippen LogP contribution in [-0.2, 0) is 14.3 Å². The summed E-state index contributed by atoms with van der Waals surface area (Å²) in [5.41, 5.74) is 4.30. The highest BCUT2D eigenvalue weighted by molar-refractivity contribution is 6.04. The van der Waals surface area contributed by atoms with Crippen molar-refractivity contribution >= 4 is 29.3 Å². The Morgan fingerprint density at radius 1 is 0.923 bits per heavy atom. The fourth-order valence-corrected chi connectivity index (χ4v) is 5.22. The number of benzene rings is 3. The Kier molecular flexibility index (Phi) is 7.77. The van der Waals surface area contributed by atoms with Crippen LogP contribution in [0.2, 0.25) is 0 Å². The first-order chi connectivity index (χ1) is 19.0. The summed E-state index contributed by atoms with van der Waals surface area (Å²) in [4.78, 5) is 41.1. The van der Waals surface area contributed by atoms with Gasteiger partial charge in [0.1, 0.15) is 0 Å². The zero-order valence-electron chi connectivity index (χ0n) is 22.2. The first-order valence-corrected chi connectivity index (χ1v) is 13.5. The van der Waals surface area contributed by atoms with Crippen molar-refractivity contribution < 1.29 is 19.1 Å². The second-order valence-electron chi connectivity index (χ2n) is 9.85. The highest BCUT2D eigenvalue weighted by atomic mass is 16.5. The molecule has 3 unspecified atom stereocenters. The molecule has 2 N–H and O–H groups in total. The van der Waals surface area contributed by atoms with Crippen LogP contribution in [0.3, 0.4) is 0 Å². The maximum Gasteiger partial charge on any atom is 0.338 e. The van der Waals surface area contributed by atoms with Gasteiger partial charge in [-0.05, 0) is 54.5 Å². The number of ether oxygens (including phenoxy) is 1. The maximum absolute atomic E-state index is 13.3. The molecule has 0 aromatic heterocycles. The Morgan fingerprint density at radius 3 is 2.23 bits per heavy atom. The Labute approximate surface area is 228 Å². The molecule has 7 heteroatoms. The second-order valence-corrected chi connectivity index (χ2v) is 9.85. The maximum atomic E-state index is 13.3. The van der Waals surface area contributed by atoms with E-state index < -0.39 is 12.0 Å². The SMILES string of the molecule is CCCN1C(=O)NC(c2ccc(NC(=O)C3CC3c3ccccc3)cc2)C(C(=O)OCC)=C1c1ccccc1. The first kappa shape index (κ1) is 26.2. The molecule has 1 aliphatic heterocycles. The number of nitrogens with zero attached hydrogens (tertiary/aromatic N) is 1. The van der Waals surface area contributed by atoms with Gasteiger partial charge in [-0.3, -0.25) is 9.69 Å². The van der Waals surface area contributed by atoms with E-state index in [0.717, 1.165) is 24.0 Å². The average molecular weight is 524 g/mol. The minimum absolute atomic E-state index is 0.00347. The van der Waals surface area contributed by atoms with Crippen molar-refractivity contribution in [1.29, 1.82) is 0 Å². The third-order valence-corrected chi connectivity index (χ3v) is 7.18. The molecule has 200 valence electrons. The molecular formula is C32H33N3O4. The van der Waals surface area contributed by atoms with Crippen LogP contribution in [0, 0.1) is 5.92 Å². The van der Waals surface area contributed by atoms with Crippen LogP contribution in [0.4, 0.5) is 10.5 Å². The molecule has 1 aliphatic carbocycles. The predicted molar refractivity (Wildman–Crippen MR) is 151 cm³/mol. The molecule has 0 bridgehead atoms. The van der Waals surface area contributed by atoms with Crippen molar-refractivity contribution in [3.8, 4) is 0 Å². The number of amides is 3. The van der Waals surface area contributed by atoms with Crippen LogP contribution >= 0.6 is 0 Å². The van der Waals surface area contributed by atoms with Gasteiger partial charge < -0.3 is 15.4 Å². The minimum Gasteiger partial charge on any atom is -0.463 e. The van der Waals surface area contributed by atoms with E-state index in [4.69, 9.17) is 4.74 Å². The van der Waals surface area contributed by atoms with Crippen LogP contribution in [0.15, 0.2) is 90.5 Å². The van der Waals surface area contributed by atoms with Crippen molar-refractivity contribution in [2.24, 2.45) is 5.92 Å². The van der Waals surface area contributed by atoms with Gasteiger partial charge in [-0.2, -0.15) is 0 Å². The molecule has 3 aromatic carbocycles. The van der Waals surface area contributed by atoms with Gasteiger partial charge in [0.25, 0.3) is 0 Å². The van der Waals surface area contributed by atoms with Gasteiger partial charge in [0.15, 0.2) is 0 Å². The Morgan fingerprint density at radius 2 is 1.59 bits per heavy atom. The summed E-state index contributed by atoms with van der Waals surface area (Å²) in [6.07, 6.45) is 1.57. The third-order valence-electron chi connectivity index (χ3n) is 7.18. The molecule has 3 amide bonds. The minimum atomic E-state index is -0.699. The van der Waals surface area contributed by atoms with E-state index in [1.165, 1.54) is 5.56 Å². The van der Waals surface area contributed by atoms with Gasteiger partial charge >= 0.3 is 12.0 Å². The largest absolute Gasteiger partial charge is 0.463 e. The van der Waals surface area contributed by atoms with Crippen LogP contribution in [-0.4, -0.2) is 36.0 Å². The third kappa shape index (κ3) is 5.58. The van der Waals surface area contributed by atoms with Crippen molar-refractivity contribution in [1.82, 2.24) is 10.2 Å². The van der Waals surface area contributed by atoms with Gasteiger partial charge in [0.2, 0.25) is 5.91 Å². The van der Waals surface area contributed by atoms with Gasteiger partial charge in [-0.1, -0.05) is 79.7 Å². The Hall–Kier alpha value is -4.39. The molecule has 2 aliphatic rings. The second kappa shape index (κ2) is 11.6.